The van der Waals surface area contributed by atoms with Crippen molar-refractivity contribution < 1.29 is 4.79 Å². The van der Waals surface area contributed by atoms with Crippen LogP contribution in [0.4, 0.5) is 0 Å². The largest absolute Gasteiger partial charge is 0.280 e. The SMILES string of the molecule is O=C(c1ccccc1)N1Cc2[nH]nc(-c3ccccc3)c2[C@H]2CCCCN21. The molecule has 136 valence electrons. The Bertz CT molecular complexity index is 951. The van der Waals surface area contributed by atoms with Gasteiger partial charge in [-0.15, -0.1) is 0 Å². The summed E-state index contributed by atoms with van der Waals surface area (Å²) in [7, 11) is 0. The van der Waals surface area contributed by atoms with Gasteiger partial charge in [-0.1, -0.05) is 55.0 Å². The number of benzene rings is 2. The maximum atomic E-state index is 13.2. The number of hydrogen-bond acceptors (Lipinski definition) is 3. The molecule has 0 aliphatic carbocycles. The second kappa shape index (κ2) is 6.67. The average molecular weight is 358 g/mol. The highest BCUT2D eigenvalue weighted by molar-refractivity contribution is 5.94. The van der Waals surface area contributed by atoms with Gasteiger partial charge < -0.3 is 0 Å². The molecule has 5 heteroatoms. The molecule has 1 aromatic heterocycles. The van der Waals surface area contributed by atoms with E-state index in [-0.39, 0.29) is 11.9 Å². The maximum absolute atomic E-state index is 13.2. The Kier molecular flexibility index (Phi) is 4.02. The van der Waals surface area contributed by atoms with Gasteiger partial charge in [-0.2, -0.15) is 5.10 Å². The van der Waals surface area contributed by atoms with E-state index in [9.17, 15) is 4.79 Å². The van der Waals surface area contributed by atoms with Gasteiger partial charge in [-0.25, -0.2) is 5.01 Å². The van der Waals surface area contributed by atoms with Crippen molar-refractivity contribution in [2.75, 3.05) is 6.54 Å². The summed E-state index contributed by atoms with van der Waals surface area (Å²) in [5, 5.41) is 12.0. The number of amides is 1. The number of piperidine rings is 1. The summed E-state index contributed by atoms with van der Waals surface area (Å²) in [6.45, 7) is 1.45. The molecule has 5 rings (SSSR count). The zero-order valence-corrected chi connectivity index (χ0v) is 15.1. The van der Waals surface area contributed by atoms with E-state index in [1.165, 1.54) is 12.0 Å². The molecule has 27 heavy (non-hydrogen) atoms. The third kappa shape index (κ3) is 2.75. The van der Waals surface area contributed by atoms with Crippen molar-refractivity contribution in [2.24, 2.45) is 0 Å². The summed E-state index contributed by atoms with van der Waals surface area (Å²) in [5.74, 6) is 0.0593. The van der Waals surface area contributed by atoms with Crippen LogP contribution in [0, 0.1) is 0 Å². The monoisotopic (exact) mass is 358 g/mol. The van der Waals surface area contributed by atoms with Crippen LogP contribution in [-0.4, -0.2) is 32.7 Å². The van der Waals surface area contributed by atoms with Crippen molar-refractivity contribution in [1.29, 1.82) is 0 Å². The van der Waals surface area contributed by atoms with Gasteiger partial charge in [0.05, 0.1) is 24.0 Å². The lowest BCUT2D eigenvalue weighted by molar-refractivity contribution is -0.0721. The molecular weight excluding hydrogens is 336 g/mol. The standard InChI is InChI=1S/C22H22N4O/c27-22(17-11-5-2-6-12-17)26-15-18-20(19-13-7-8-14-25(19)26)21(24-23-18)16-9-3-1-4-10-16/h1-6,9-12,19H,7-8,13-15H2,(H,23,24)/t19-/m1/s1. The Morgan fingerprint density at radius 3 is 2.52 bits per heavy atom. The van der Waals surface area contributed by atoms with Crippen LogP contribution in [0.3, 0.4) is 0 Å². The molecule has 2 aromatic carbocycles. The summed E-state index contributed by atoms with van der Waals surface area (Å²) in [6.07, 6.45) is 3.33. The van der Waals surface area contributed by atoms with E-state index in [1.54, 1.807) is 0 Å². The van der Waals surface area contributed by atoms with Crippen LogP contribution >= 0.6 is 0 Å². The highest BCUT2D eigenvalue weighted by atomic mass is 16.2. The first kappa shape index (κ1) is 16.3. The molecule has 3 heterocycles. The second-order valence-electron chi connectivity index (χ2n) is 7.23. The van der Waals surface area contributed by atoms with Crippen molar-refractivity contribution in [3.8, 4) is 11.3 Å². The number of fused-ring (bicyclic) bond motifs is 3. The van der Waals surface area contributed by atoms with Gasteiger partial charge in [-0.05, 0) is 25.0 Å². The minimum Gasteiger partial charge on any atom is -0.280 e. The van der Waals surface area contributed by atoms with E-state index < -0.39 is 0 Å². The number of hydrogen-bond donors (Lipinski definition) is 1. The highest BCUT2D eigenvalue weighted by Gasteiger charge is 2.40. The Morgan fingerprint density at radius 1 is 1.00 bits per heavy atom. The van der Waals surface area contributed by atoms with Crippen LogP contribution in [0.15, 0.2) is 60.7 Å². The summed E-state index contributed by atoms with van der Waals surface area (Å²) in [5.41, 5.74) is 5.20. The van der Waals surface area contributed by atoms with E-state index in [2.05, 4.69) is 27.3 Å². The average Bonchev–Trinajstić information content (AvgIpc) is 3.18. The number of nitrogens with one attached hydrogen (secondary N) is 1. The van der Waals surface area contributed by atoms with Crippen LogP contribution in [0.5, 0.6) is 0 Å². The van der Waals surface area contributed by atoms with Gasteiger partial charge in [0.1, 0.15) is 0 Å². The van der Waals surface area contributed by atoms with E-state index in [1.807, 2.05) is 53.5 Å². The van der Waals surface area contributed by atoms with Crippen molar-refractivity contribution in [1.82, 2.24) is 20.2 Å². The first-order chi connectivity index (χ1) is 13.3. The lowest BCUT2D eigenvalue weighted by Crippen LogP contribution is -2.52. The molecule has 0 saturated carbocycles. The number of H-pyrrole nitrogens is 1. The first-order valence-electron chi connectivity index (χ1n) is 9.59. The maximum Gasteiger partial charge on any atom is 0.268 e. The fourth-order valence-corrected chi connectivity index (χ4v) is 4.34. The number of carbonyl (C=O) groups is 1. The van der Waals surface area contributed by atoms with E-state index >= 15 is 0 Å². The van der Waals surface area contributed by atoms with Crippen molar-refractivity contribution in [3.63, 3.8) is 0 Å². The molecule has 1 fully saturated rings. The number of hydrazine groups is 1. The van der Waals surface area contributed by atoms with E-state index in [4.69, 9.17) is 0 Å². The molecule has 2 aliphatic heterocycles. The molecule has 5 nitrogen and oxygen atoms in total. The van der Waals surface area contributed by atoms with E-state index in [0.29, 0.717) is 6.54 Å². The van der Waals surface area contributed by atoms with Crippen molar-refractivity contribution in [3.05, 3.63) is 77.5 Å². The smallest absolute Gasteiger partial charge is 0.268 e. The molecule has 3 aromatic rings. The first-order valence-corrected chi connectivity index (χ1v) is 9.59. The zero-order valence-electron chi connectivity index (χ0n) is 15.1. The van der Waals surface area contributed by atoms with Crippen molar-refractivity contribution >= 4 is 5.91 Å². The minimum atomic E-state index is 0.0593. The Labute approximate surface area is 158 Å². The molecule has 0 bridgehead atoms. The van der Waals surface area contributed by atoms with Crippen LogP contribution in [0.25, 0.3) is 11.3 Å². The highest BCUT2D eigenvalue weighted by Crippen LogP contribution is 2.42. The molecule has 0 spiro atoms. The number of aromatic nitrogens is 2. The predicted octanol–water partition coefficient (Wildman–Crippen LogP) is 4.17. The molecule has 0 unspecified atom stereocenters. The molecule has 1 saturated heterocycles. The van der Waals surface area contributed by atoms with Gasteiger partial charge >= 0.3 is 0 Å². The molecule has 1 atom stereocenters. The zero-order chi connectivity index (χ0) is 18.2. The summed E-state index contributed by atoms with van der Waals surface area (Å²) < 4.78 is 0. The minimum absolute atomic E-state index is 0.0593. The Hall–Kier alpha value is -2.92. The third-order valence-corrected chi connectivity index (χ3v) is 5.61. The normalized spacial score (nSPS) is 19.4. The van der Waals surface area contributed by atoms with Gasteiger partial charge in [0.2, 0.25) is 0 Å². The van der Waals surface area contributed by atoms with Crippen molar-refractivity contribution in [2.45, 2.75) is 31.8 Å². The van der Waals surface area contributed by atoms with Crippen LogP contribution < -0.4 is 0 Å². The lowest BCUT2D eigenvalue weighted by Gasteiger charge is -2.46. The fraction of sp³-hybridized carbons (Fsp3) is 0.273. The van der Waals surface area contributed by atoms with Crippen LogP contribution in [-0.2, 0) is 6.54 Å². The summed E-state index contributed by atoms with van der Waals surface area (Å²) >= 11 is 0. The molecule has 1 amide bonds. The molecule has 1 N–H and O–H groups in total. The summed E-state index contributed by atoms with van der Waals surface area (Å²) in [4.78, 5) is 13.2. The van der Waals surface area contributed by atoms with Gasteiger partial charge in [0.25, 0.3) is 5.91 Å². The van der Waals surface area contributed by atoms with Gasteiger partial charge in [-0.3, -0.25) is 14.9 Å². The molecule has 2 aliphatic rings. The topological polar surface area (TPSA) is 52.2 Å². The van der Waals surface area contributed by atoms with E-state index in [0.717, 1.165) is 41.9 Å². The number of rotatable bonds is 2. The number of aromatic amines is 1. The number of carbonyl (C=O) groups excluding carboxylic acids is 1. The quantitative estimate of drug-likeness (QED) is 0.748. The Morgan fingerprint density at radius 2 is 1.74 bits per heavy atom. The van der Waals surface area contributed by atoms with Crippen LogP contribution in [0.1, 0.15) is 46.9 Å². The molecule has 0 radical (unpaired) electrons. The van der Waals surface area contributed by atoms with Gasteiger partial charge in [0, 0.05) is 23.2 Å². The molecular formula is C22H22N4O. The number of nitrogens with zero attached hydrogens (tertiary/aromatic N) is 3. The fourth-order valence-electron chi connectivity index (χ4n) is 4.34. The van der Waals surface area contributed by atoms with Gasteiger partial charge in [0.15, 0.2) is 0 Å². The Balaban J connectivity index is 1.56. The third-order valence-electron chi connectivity index (χ3n) is 5.61. The second-order valence-corrected chi connectivity index (χ2v) is 7.23. The van der Waals surface area contributed by atoms with Crippen LogP contribution in [0.2, 0.25) is 0 Å². The predicted molar refractivity (Wildman–Crippen MR) is 104 cm³/mol. The summed E-state index contributed by atoms with van der Waals surface area (Å²) in [6, 6.07) is 20.1. The lowest BCUT2D eigenvalue weighted by atomic mass is 9.90.